The molecule has 100 valence electrons. The van der Waals surface area contributed by atoms with Gasteiger partial charge in [0.1, 0.15) is 11.3 Å². The molecule has 0 saturated heterocycles. The molecule has 0 amide bonds. The summed E-state index contributed by atoms with van der Waals surface area (Å²) in [5.41, 5.74) is 10.2. The predicted octanol–water partition coefficient (Wildman–Crippen LogP) is 3.83. The number of rotatable bonds is 3. The van der Waals surface area contributed by atoms with Gasteiger partial charge < -0.3 is 10.2 Å². The molecule has 2 heterocycles. The Morgan fingerprint density at radius 3 is 2.80 bits per heavy atom. The van der Waals surface area contributed by atoms with E-state index in [1.807, 2.05) is 30.5 Å². The van der Waals surface area contributed by atoms with E-state index < -0.39 is 0 Å². The van der Waals surface area contributed by atoms with Crippen molar-refractivity contribution in [1.29, 1.82) is 0 Å². The van der Waals surface area contributed by atoms with Gasteiger partial charge >= 0.3 is 0 Å². The molecule has 3 heteroatoms. The van der Waals surface area contributed by atoms with Crippen molar-refractivity contribution in [3.05, 3.63) is 53.9 Å². The number of nitrogens with two attached hydrogens (primary N) is 1. The second kappa shape index (κ2) is 4.46. The molecule has 0 spiro atoms. The van der Waals surface area contributed by atoms with E-state index >= 15 is 0 Å². The third kappa shape index (κ3) is 1.91. The minimum Gasteiger partial charge on any atom is -0.459 e. The topological polar surface area (TPSA) is 52.0 Å². The number of hydrogen-bond donors (Lipinski definition) is 1. The molecule has 0 radical (unpaired) electrons. The highest BCUT2D eigenvalue weighted by Gasteiger charge is 2.27. The molecule has 2 N–H and O–H groups in total. The van der Waals surface area contributed by atoms with E-state index in [9.17, 15) is 0 Å². The lowest BCUT2D eigenvalue weighted by atomic mass is 10.0. The first-order valence-corrected chi connectivity index (χ1v) is 7.03. The zero-order chi connectivity index (χ0) is 13.5. The number of furan rings is 1. The molecule has 1 aromatic carbocycles. The summed E-state index contributed by atoms with van der Waals surface area (Å²) in [5.74, 6) is 1.48. The van der Waals surface area contributed by atoms with Crippen LogP contribution in [0, 0.1) is 0 Å². The lowest BCUT2D eigenvalue weighted by Gasteiger charge is -2.05. The summed E-state index contributed by atoms with van der Waals surface area (Å²) in [6, 6.07) is 12.4. The fraction of sp³-hybridized carbons (Fsp3) is 0.235. The summed E-state index contributed by atoms with van der Waals surface area (Å²) in [5, 5.41) is 1.13. The second-order valence-electron chi connectivity index (χ2n) is 5.39. The molecule has 1 saturated carbocycles. The van der Waals surface area contributed by atoms with Crippen LogP contribution >= 0.6 is 0 Å². The Labute approximate surface area is 117 Å². The molecule has 1 fully saturated rings. The van der Waals surface area contributed by atoms with E-state index in [2.05, 4.69) is 17.1 Å². The maximum absolute atomic E-state index is 5.90. The molecular formula is C17H16N2O. The van der Waals surface area contributed by atoms with Crippen LogP contribution in [0.1, 0.15) is 30.1 Å². The van der Waals surface area contributed by atoms with Crippen LogP contribution in [-0.4, -0.2) is 4.98 Å². The minimum atomic E-state index is 0.442. The number of aromatic nitrogens is 1. The van der Waals surface area contributed by atoms with Gasteiger partial charge in [0.15, 0.2) is 0 Å². The first kappa shape index (κ1) is 11.7. The van der Waals surface area contributed by atoms with Gasteiger partial charge in [0.2, 0.25) is 0 Å². The van der Waals surface area contributed by atoms with Crippen LogP contribution in [0.3, 0.4) is 0 Å². The van der Waals surface area contributed by atoms with Gasteiger partial charge in [-0.05, 0) is 54.7 Å². The Morgan fingerprint density at radius 2 is 2.10 bits per heavy atom. The highest BCUT2D eigenvalue weighted by Crippen LogP contribution is 2.45. The molecule has 3 aromatic rings. The van der Waals surface area contributed by atoms with E-state index in [0.717, 1.165) is 28.0 Å². The summed E-state index contributed by atoms with van der Waals surface area (Å²) in [6.45, 7) is 0.442. The number of nitrogens with zero attached hydrogens (tertiary/aromatic N) is 1. The van der Waals surface area contributed by atoms with Crippen LogP contribution in [-0.2, 0) is 6.54 Å². The molecule has 4 rings (SSSR count). The third-order valence-electron chi connectivity index (χ3n) is 3.88. The lowest BCUT2D eigenvalue weighted by molar-refractivity contribution is 0.549. The molecule has 0 atom stereocenters. The van der Waals surface area contributed by atoms with Crippen LogP contribution in [0.25, 0.3) is 22.2 Å². The first-order chi connectivity index (χ1) is 9.85. The lowest BCUT2D eigenvalue weighted by Crippen LogP contribution is -1.92. The molecule has 3 nitrogen and oxygen atoms in total. The van der Waals surface area contributed by atoms with Crippen LogP contribution in [0.4, 0.5) is 0 Å². The smallest absolute Gasteiger partial charge is 0.137 e. The molecule has 20 heavy (non-hydrogen) atoms. The average molecular weight is 264 g/mol. The van der Waals surface area contributed by atoms with Gasteiger partial charge in [0.25, 0.3) is 0 Å². The molecule has 2 aromatic heterocycles. The van der Waals surface area contributed by atoms with E-state index in [1.165, 1.54) is 18.4 Å². The maximum Gasteiger partial charge on any atom is 0.137 e. The zero-order valence-electron chi connectivity index (χ0n) is 11.2. The molecule has 0 unspecified atom stereocenters. The number of pyridine rings is 1. The monoisotopic (exact) mass is 264 g/mol. The summed E-state index contributed by atoms with van der Waals surface area (Å²) in [4.78, 5) is 4.45. The fourth-order valence-corrected chi connectivity index (χ4v) is 2.71. The van der Waals surface area contributed by atoms with Gasteiger partial charge in [-0.25, -0.2) is 0 Å². The number of benzene rings is 1. The Hall–Kier alpha value is -2.13. The Bertz CT molecular complexity index is 757. The van der Waals surface area contributed by atoms with Crippen molar-refractivity contribution in [2.24, 2.45) is 5.73 Å². The molecular weight excluding hydrogens is 248 g/mol. The van der Waals surface area contributed by atoms with Gasteiger partial charge in [0.05, 0.1) is 12.2 Å². The Balaban J connectivity index is 1.94. The Kier molecular flexibility index (Phi) is 2.60. The van der Waals surface area contributed by atoms with Crippen LogP contribution in [0.2, 0.25) is 0 Å². The van der Waals surface area contributed by atoms with Crippen LogP contribution < -0.4 is 5.73 Å². The molecule has 0 aliphatic heterocycles. The van der Waals surface area contributed by atoms with E-state index in [-0.39, 0.29) is 0 Å². The quantitative estimate of drug-likeness (QED) is 0.782. The zero-order valence-corrected chi connectivity index (χ0v) is 11.2. The largest absolute Gasteiger partial charge is 0.459 e. The summed E-state index contributed by atoms with van der Waals surface area (Å²) >= 11 is 0. The van der Waals surface area contributed by atoms with Gasteiger partial charge in [0, 0.05) is 17.1 Å². The van der Waals surface area contributed by atoms with E-state index in [1.54, 1.807) is 0 Å². The Morgan fingerprint density at radius 1 is 1.20 bits per heavy atom. The highest BCUT2D eigenvalue weighted by molar-refractivity contribution is 5.87. The average Bonchev–Trinajstić information content (AvgIpc) is 3.25. The summed E-state index contributed by atoms with van der Waals surface area (Å²) in [6.07, 6.45) is 4.33. The third-order valence-corrected chi connectivity index (χ3v) is 3.88. The van der Waals surface area contributed by atoms with Crippen molar-refractivity contribution >= 4 is 11.0 Å². The normalized spacial score (nSPS) is 14.8. The van der Waals surface area contributed by atoms with Crippen molar-refractivity contribution in [1.82, 2.24) is 4.98 Å². The van der Waals surface area contributed by atoms with E-state index in [4.69, 9.17) is 10.2 Å². The predicted molar refractivity (Wildman–Crippen MR) is 79.3 cm³/mol. The number of fused-ring (bicyclic) bond motifs is 1. The van der Waals surface area contributed by atoms with Crippen LogP contribution in [0.5, 0.6) is 0 Å². The van der Waals surface area contributed by atoms with E-state index in [0.29, 0.717) is 12.5 Å². The van der Waals surface area contributed by atoms with Gasteiger partial charge in [-0.2, -0.15) is 0 Å². The van der Waals surface area contributed by atoms with Crippen molar-refractivity contribution < 1.29 is 4.42 Å². The molecule has 0 bridgehead atoms. The van der Waals surface area contributed by atoms with Gasteiger partial charge in [-0.1, -0.05) is 6.07 Å². The van der Waals surface area contributed by atoms with Gasteiger partial charge in [-0.15, -0.1) is 0 Å². The number of hydrogen-bond acceptors (Lipinski definition) is 3. The molecule has 1 aliphatic rings. The highest BCUT2D eigenvalue weighted by atomic mass is 16.3. The summed E-state index contributed by atoms with van der Waals surface area (Å²) in [7, 11) is 0. The van der Waals surface area contributed by atoms with Crippen molar-refractivity contribution in [3.8, 4) is 11.3 Å². The minimum absolute atomic E-state index is 0.442. The van der Waals surface area contributed by atoms with Gasteiger partial charge in [-0.3, -0.25) is 4.98 Å². The molecule has 1 aliphatic carbocycles. The SMILES string of the molecule is NCc1cc2cc(-c3ccccn3)cc(C3CC3)c2o1. The van der Waals surface area contributed by atoms with Crippen LogP contribution in [0.15, 0.2) is 47.0 Å². The fourth-order valence-electron chi connectivity index (χ4n) is 2.71. The summed E-state index contributed by atoms with van der Waals surface area (Å²) < 4.78 is 5.90. The second-order valence-corrected chi connectivity index (χ2v) is 5.39. The standard InChI is InChI=1S/C17H16N2O/c18-10-14-8-13-7-12(16-3-1-2-6-19-16)9-15(11-4-5-11)17(13)20-14/h1-3,6-9,11H,4-5,10,18H2. The maximum atomic E-state index is 5.90. The van der Waals surface area contributed by atoms with Crippen molar-refractivity contribution in [2.45, 2.75) is 25.3 Å². The van der Waals surface area contributed by atoms with Crippen molar-refractivity contribution in [2.75, 3.05) is 0 Å². The first-order valence-electron chi connectivity index (χ1n) is 7.03. The van der Waals surface area contributed by atoms with Crippen molar-refractivity contribution in [3.63, 3.8) is 0 Å².